The number of esters is 1. The SMILES string of the molecule is CCOC(=O)c1c(C)c2c(OCC(O)CNCCc3ccc(OC)c(OC)c3)cccc2n1C. The molecule has 1 aromatic heterocycles. The first-order valence-corrected chi connectivity index (χ1v) is 11.4. The molecule has 0 aliphatic heterocycles. The van der Waals surface area contributed by atoms with Gasteiger partial charge < -0.3 is 33.9 Å². The minimum atomic E-state index is -0.686. The zero-order valence-corrected chi connectivity index (χ0v) is 20.5. The lowest BCUT2D eigenvalue weighted by molar-refractivity contribution is 0.0515. The van der Waals surface area contributed by atoms with Crippen LogP contribution in [0.4, 0.5) is 0 Å². The lowest BCUT2D eigenvalue weighted by Crippen LogP contribution is -2.32. The molecule has 184 valence electrons. The number of hydrogen-bond acceptors (Lipinski definition) is 7. The molecule has 1 atom stereocenters. The Kier molecular flexibility index (Phi) is 8.79. The van der Waals surface area contributed by atoms with Gasteiger partial charge in [-0.05, 0) is 62.2 Å². The van der Waals surface area contributed by atoms with Gasteiger partial charge in [0.05, 0.1) is 26.3 Å². The van der Waals surface area contributed by atoms with Gasteiger partial charge in [-0.25, -0.2) is 4.79 Å². The fourth-order valence-corrected chi connectivity index (χ4v) is 4.06. The molecule has 0 bridgehead atoms. The Bertz CT molecular complexity index is 1120. The number of hydrogen-bond donors (Lipinski definition) is 2. The molecule has 1 unspecified atom stereocenters. The molecule has 0 aliphatic carbocycles. The highest BCUT2D eigenvalue weighted by molar-refractivity contribution is 6.01. The van der Waals surface area contributed by atoms with Crippen LogP contribution in [0.3, 0.4) is 0 Å². The van der Waals surface area contributed by atoms with Crippen LogP contribution >= 0.6 is 0 Å². The smallest absolute Gasteiger partial charge is 0.355 e. The fourth-order valence-electron chi connectivity index (χ4n) is 4.06. The molecule has 8 nitrogen and oxygen atoms in total. The Labute approximate surface area is 200 Å². The minimum absolute atomic E-state index is 0.131. The Morgan fingerprint density at radius 2 is 1.88 bits per heavy atom. The number of carbonyl (C=O) groups excluding carboxylic acids is 1. The molecule has 8 heteroatoms. The van der Waals surface area contributed by atoms with E-state index in [2.05, 4.69) is 5.32 Å². The van der Waals surface area contributed by atoms with Crippen molar-refractivity contribution in [2.75, 3.05) is 40.5 Å². The second-order valence-electron chi connectivity index (χ2n) is 8.01. The van der Waals surface area contributed by atoms with Crippen molar-refractivity contribution >= 4 is 16.9 Å². The van der Waals surface area contributed by atoms with Gasteiger partial charge in [0.15, 0.2) is 11.5 Å². The van der Waals surface area contributed by atoms with Crippen molar-refractivity contribution in [1.29, 1.82) is 0 Å². The molecule has 0 fully saturated rings. The third kappa shape index (κ3) is 5.63. The number of fused-ring (bicyclic) bond motifs is 1. The molecule has 0 aliphatic rings. The zero-order valence-electron chi connectivity index (χ0n) is 20.5. The summed E-state index contributed by atoms with van der Waals surface area (Å²) in [5.74, 6) is 1.67. The molecule has 0 amide bonds. The van der Waals surface area contributed by atoms with Crippen LogP contribution in [-0.2, 0) is 18.2 Å². The van der Waals surface area contributed by atoms with E-state index in [0.717, 1.165) is 28.5 Å². The van der Waals surface area contributed by atoms with Crippen LogP contribution < -0.4 is 19.5 Å². The minimum Gasteiger partial charge on any atom is -0.493 e. The molecule has 2 aromatic carbocycles. The monoisotopic (exact) mass is 470 g/mol. The summed E-state index contributed by atoms with van der Waals surface area (Å²) in [6.07, 6.45) is 0.0989. The van der Waals surface area contributed by atoms with Crippen LogP contribution in [0.1, 0.15) is 28.5 Å². The van der Waals surface area contributed by atoms with Crippen LogP contribution in [0.5, 0.6) is 17.2 Å². The first-order valence-electron chi connectivity index (χ1n) is 11.4. The molecule has 3 aromatic rings. The topological polar surface area (TPSA) is 91.2 Å². The van der Waals surface area contributed by atoms with Gasteiger partial charge in [0.1, 0.15) is 24.2 Å². The first-order chi connectivity index (χ1) is 16.4. The summed E-state index contributed by atoms with van der Waals surface area (Å²) in [5, 5.41) is 14.5. The van der Waals surface area contributed by atoms with Crippen molar-refractivity contribution in [2.45, 2.75) is 26.4 Å². The third-order valence-corrected chi connectivity index (χ3v) is 5.75. The summed E-state index contributed by atoms with van der Waals surface area (Å²) in [4.78, 5) is 12.4. The van der Waals surface area contributed by atoms with Crippen molar-refractivity contribution in [1.82, 2.24) is 9.88 Å². The molecule has 0 saturated heterocycles. The van der Waals surface area contributed by atoms with Gasteiger partial charge in [-0.3, -0.25) is 0 Å². The number of aryl methyl sites for hydroxylation is 2. The number of aliphatic hydroxyl groups excluding tert-OH is 1. The Morgan fingerprint density at radius 3 is 2.59 bits per heavy atom. The number of aromatic nitrogens is 1. The summed E-state index contributed by atoms with van der Waals surface area (Å²) in [7, 11) is 5.06. The van der Waals surface area contributed by atoms with Crippen LogP contribution in [-0.4, -0.2) is 62.3 Å². The number of ether oxygens (including phenoxy) is 4. The Hall–Kier alpha value is -3.23. The van der Waals surface area contributed by atoms with Gasteiger partial charge in [0.25, 0.3) is 0 Å². The van der Waals surface area contributed by atoms with E-state index in [9.17, 15) is 9.90 Å². The van der Waals surface area contributed by atoms with E-state index in [0.29, 0.717) is 42.6 Å². The van der Waals surface area contributed by atoms with Gasteiger partial charge in [-0.2, -0.15) is 0 Å². The van der Waals surface area contributed by atoms with E-state index in [1.165, 1.54) is 0 Å². The predicted molar refractivity (Wildman–Crippen MR) is 131 cm³/mol. The lowest BCUT2D eigenvalue weighted by Gasteiger charge is -2.15. The normalized spacial score (nSPS) is 11.9. The molecule has 0 radical (unpaired) electrons. The first kappa shape index (κ1) is 25.4. The predicted octanol–water partition coefficient (Wildman–Crippen LogP) is 3.25. The van der Waals surface area contributed by atoms with Crippen LogP contribution in [0.2, 0.25) is 0 Å². The third-order valence-electron chi connectivity index (χ3n) is 5.75. The van der Waals surface area contributed by atoms with Gasteiger partial charge >= 0.3 is 5.97 Å². The summed E-state index contributed by atoms with van der Waals surface area (Å²) >= 11 is 0. The summed E-state index contributed by atoms with van der Waals surface area (Å²) in [5.41, 5.74) is 3.29. The van der Waals surface area contributed by atoms with E-state index < -0.39 is 6.10 Å². The lowest BCUT2D eigenvalue weighted by atomic mass is 10.1. The highest BCUT2D eigenvalue weighted by Crippen LogP contribution is 2.33. The zero-order chi connectivity index (χ0) is 24.7. The summed E-state index contributed by atoms with van der Waals surface area (Å²) in [6, 6.07) is 11.5. The Morgan fingerprint density at radius 1 is 1.12 bits per heavy atom. The van der Waals surface area contributed by atoms with Gasteiger partial charge in [0.2, 0.25) is 0 Å². The van der Waals surface area contributed by atoms with Crippen molar-refractivity contribution in [2.24, 2.45) is 7.05 Å². The molecule has 3 rings (SSSR count). The largest absolute Gasteiger partial charge is 0.493 e. The average molecular weight is 471 g/mol. The molecule has 34 heavy (non-hydrogen) atoms. The quantitative estimate of drug-likeness (QED) is 0.310. The number of methoxy groups -OCH3 is 2. The molecule has 2 N–H and O–H groups in total. The highest BCUT2D eigenvalue weighted by atomic mass is 16.5. The molecule has 0 saturated carbocycles. The maximum absolute atomic E-state index is 12.4. The van der Waals surface area contributed by atoms with Crippen LogP contribution in [0.15, 0.2) is 36.4 Å². The van der Waals surface area contributed by atoms with Gasteiger partial charge in [-0.15, -0.1) is 0 Å². The van der Waals surface area contributed by atoms with Crippen molar-refractivity contribution < 1.29 is 28.8 Å². The van der Waals surface area contributed by atoms with Crippen molar-refractivity contribution in [3.05, 3.63) is 53.2 Å². The number of benzene rings is 2. The Balaban J connectivity index is 1.56. The van der Waals surface area contributed by atoms with E-state index in [1.807, 2.05) is 54.9 Å². The summed E-state index contributed by atoms with van der Waals surface area (Å²) in [6.45, 7) is 5.20. The van der Waals surface area contributed by atoms with E-state index in [4.69, 9.17) is 18.9 Å². The molecule has 1 heterocycles. The fraction of sp³-hybridized carbons (Fsp3) is 0.423. The van der Waals surface area contributed by atoms with Crippen molar-refractivity contribution in [3.8, 4) is 17.2 Å². The molecular weight excluding hydrogens is 436 g/mol. The van der Waals surface area contributed by atoms with Crippen LogP contribution in [0, 0.1) is 6.92 Å². The van der Waals surface area contributed by atoms with Crippen molar-refractivity contribution in [3.63, 3.8) is 0 Å². The van der Waals surface area contributed by atoms with E-state index in [-0.39, 0.29) is 12.6 Å². The van der Waals surface area contributed by atoms with Gasteiger partial charge in [-0.1, -0.05) is 12.1 Å². The van der Waals surface area contributed by atoms with E-state index >= 15 is 0 Å². The number of nitrogens with one attached hydrogen (secondary N) is 1. The highest BCUT2D eigenvalue weighted by Gasteiger charge is 2.22. The van der Waals surface area contributed by atoms with Gasteiger partial charge in [0, 0.05) is 19.0 Å². The molecular formula is C26H34N2O6. The second-order valence-corrected chi connectivity index (χ2v) is 8.01. The standard InChI is InChI=1S/C26H34N2O6/c1-6-33-26(30)25-17(2)24-20(28(25)3)8-7-9-22(24)34-16-19(29)15-27-13-12-18-10-11-21(31-4)23(14-18)32-5/h7-11,14,19,27,29H,6,12-13,15-16H2,1-5H3. The maximum Gasteiger partial charge on any atom is 0.355 e. The number of aliphatic hydroxyl groups is 1. The average Bonchev–Trinajstić information content (AvgIpc) is 3.10. The van der Waals surface area contributed by atoms with Crippen LogP contribution in [0.25, 0.3) is 10.9 Å². The maximum atomic E-state index is 12.4. The number of rotatable bonds is 12. The van der Waals surface area contributed by atoms with E-state index in [1.54, 1.807) is 21.1 Å². The molecule has 0 spiro atoms. The number of nitrogens with zero attached hydrogens (tertiary/aromatic N) is 1. The second kappa shape index (κ2) is 11.8. The summed E-state index contributed by atoms with van der Waals surface area (Å²) < 4.78 is 23.6. The number of carbonyl (C=O) groups is 1.